The number of nitrogens with one attached hydrogen (secondary N) is 1. The summed E-state index contributed by atoms with van der Waals surface area (Å²) < 4.78 is 4.24. The van der Waals surface area contributed by atoms with Crippen molar-refractivity contribution in [1.29, 1.82) is 0 Å². The topological polar surface area (TPSA) is 29.9 Å². The zero-order chi connectivity index (χ0) is 13.8. The Morgan fingerprint density at radius 2 is 2.11 bits per heavy atom. The van der Waals surface area contributed by atoms with Crippen molar-refractivity contribution in [2.45, 2.75) is 33.2 Å². The summed E-state index contributed by atoms with van der Waals surface area (Å²) in [6.45, 7) is 5.21. The number of hydrogen-bond acceptors (Lipinski definition) is 2. The second kappa shape index (κ2) is 6.57. The van der Waals surface area contributed by atoms with Crippen LogP contribution in [0.15, 0.2) is 33.3 Å². The van der Waals surface area contributed by atoms with E-state index in [4.69, 9.17) is 0 Å². The highest BCUT2D eigenvalue weighted by Gasteiger charge is 2.08. The fraction of sp³-hybridized carbons (Fsp3) is 0.357. The molecule has 0 radical (unpaired) electrons. The van der Waals surface area contributed by atoms with Gasteiger partial charge in [-0.05, 0) is 47.5 Å². The highest BCUT2D eigenvalue weighted by Crippen LogP contribution is 2.28. The maximum Gasteiger partial charge on any atom is 0.207 e. The first-order chi connectivity index (χ1) is 9.10. The van der Waals surface area contributed by atoms with E-state index in [0.717, 1.165) is 39.2 Å². The quantitative estimate of drug-likeness (QED) is 0.759. The Hall–Kier alpha value is -0.810. The number of hydrogen-bond donors (Lipinski definition) is 1. The SMILES string of the molecule is CCCCn1cc(C)nc1Nc1cc(Br)ccc1Br. The molecule has 0 fully saturated rings. The van der Waals surface area contributed by atoms with E-state index >= 15 is 0 Å². The van der Waals surface area contributed by atoms with E-state index in [-0.39, 0.29) is 0 Å². The molecule has 0 bridgehead atoms. The lowest BCUT2D eigenvalue weighted by atomic mass is 10.3. The Balaban J connectivity index is 2.24. The van der Waals surface area contributed by atoms with Crippen LogP contribution in [0.5, 0.6) is 0 Å². The third kappa shape index (κ3) is 3.83. The number of benzene rings is 1. The Morgan fingerprint density at radius 3 is 2.84 bits per heavy atom. The molecule has 3 nitrogen and oxygen atoms in total. The second-order valence-electron chi connectivity index (χ2n) is 4.50. The molecule has 1 heterocycles. The summed E-state index contributed by atoms with van der Waals surface area (Å²) in [7, 11) is 0. The summed E-state index contributed by atoms with van der Waals surface area (Å²) in [5.74, 6) is 0.893. The molecule has 0 aliphatic rings. The van der Waals surface area contributed by atoms with Crippen LogP contribution in [-0.4, -0.2) is 9.55 Å². The summed E-state index contributed by atoms with van der Waals surface area (Å²) in [6.07, 6.45) is 4.42. The number of halogens is 2. The first kappa shape index (κ1) is 14.6. The van der Waals surface area contributed by atoms with Gasteiger partial charge in [0.1, 0.15) is 0 Å². The van der Waals surface area contributed by atoms with Gasteiger partial charge in [-0.15, -0.1) is 0 Å². The molecule has 0 unspecified atom stereocenters. The van der Waals surface area contributed by atoms with E-state index in [1.165, 1.54) is 6.42 Å². The van der Waals surface area contributed by atoms with Crippen LogP contribution in [0.2, 0.25) is 0 Å². The summed E-state index contributed by atoms with van der Waals surface area (Å²) in [6, 6.07) is 6.06. The Labute approximate surface area is 130 Å². The number of unbranched alkanes of at least 4 members (excludes halogenated alkanes) is 1. The molecule has 0 aliphatic carbocycles. The molecular weight excluding hydrogens is 370 g/mol. The number of nitrogens with zero attached hydrogens (tertiary/aromatic N) is 2. The van der Waals surface area contributed by atoms with Gasteiger partial charge in [0, 0.05) is 21.7 Å². The van der Waals surface area contributed by atoms with E-state index in [0.29, 0.717) is 0 Å². The zero-order valence-corrected chi connectivity index (χ0v) is 14.3. The molecule has 0 saturated carbocycles. The summed E-state index contributed by atoms with van der Waals surface area (Å²) in [4.78, 5) is 4.55. The maximum atomic E-state index is 4.55. The fourth-order valence-corrected chi connectivity index (χ4v) is 2.57. The molecule has 0 atom stereocenters. The monoisotopic (exact) mass is 385 g/mol. The number of imidazole rings is 1. The number of aryl methyl sites for hydroxylation is 2. The molecule has 1 aromatic carbocycles. The molecule has 0 spiro atoms. The van der Waals surface area contributed by atoms with Crippen LogP contribution in [0, 0.1) is 6.92 Å². The van der Waals surface area contributed by atoms with Crippen LogP contribution in [-0.2, 0) is 6.54 Å². The van der Waals surface area contributed by atoms with E-state index < -0.39 is 0 Å². The third-order valence-corrected chi connectivity index (χ3v) is 4.01. The molecule has 1 N–H and O–H groups in total. The zero-order valence-electron chi connectivity index (χ0n) is 11.1. The van der Waals surface area contributed by atoms with Gasteiger partial charge in [0.15, 0.2) is 0 Å². The van der Waals surface area contributed by atoms with Gasteiger partial charge in [-0.1, -0.05) is 29.3 Å². The van der Waals surface area contributed by atoms with Gasteiger partial charge in [0.05, 0.1) is 11.4 Å². The van der Waals surface area contributed by atoms with Crippen LogP contribution in [0.3, 0.4) is 0 Å². The lowest BCUT2D eigenvalue weighted by Crippen LogP contribution is -2.03. The van der Waals surface area contributed by atoms with E-state index in [1.807, 2.05) is 25.1 Å². The smallest absolute Gasteiger partial charge is 0.207 e. The lowest BCUT2D eigenvalue weighted by molar-refractivity contribution is 0.637. The predicted octanol–water partition coefficient (Wildman–Crippen LogP) is 5.26. The van der Waals surface area contributed by atoms with Crippen LogP contribution in [0.25, 0.3) is 0 Å². The number of rotatable bonds is 5. The van der Waals surface area contributed by atoms with Crippen molar-refractivity contribution in [1.82, 2.24) is 9.55 Å². The molecule has 1 aromatic heterocycles. The van der Waals surface area contributed by atoms with Crippen molar-refractivity contribution in [3.63, 3.8) is 0 Å². The highest BCUT2D eigenvalue weighted by atomic mass is 79.9. The van der Waals surface area contributed by atoms with E-state index in [1.54, 1.807) is 0 Å². The average Bonchev–Trinajstić information content (AvgIpc) is 2.71. The normalized spacial score (nSPS) is 10.7. The van der Waals surface area contributed by atoms with Crippen molar-refractivity contribution >= 4 is 43.5 Å². The first-order valence-corrected chi connectivity index (χ1v) is 7.94. The van der Waals surface area contributed by atoms with Crippen LogP contribution >= 0.6 is 31.9 Å². The Bertz CT molecular complexity index is 564. The van der Waals surface area contributed by atoms with Gasteiger partial charge < -0.3 is 9.88 Å². The van der Waals surface area contributed by atoms with Crippen LogP contribution in [0.4, 0.5) is 11.6 Å². The fourth-order valence-electron chi connectivity index (χ4n) is 1.86. The molecule has 19 heavy (non-hydrogen) atoms. The standard InChI is InChI=1S/C14H17Br2N3/c1-3-4-7-19-9-10(2)17-14(19)18-13-8-11(15)5-6-12(13)16/h5-6,8-9H,3-4,7H2,1-2H3,(H,17,18). The van der Waals surface area contributed by atoms with Gasteiger partial charge in [-0.3, -0.25) is 0 Å². The molecule has 102 valence electrons. The minimum atomic E-state index is 0.893. The number of anilines is 2. The summed E-state index contributed by atoms with van der Waals surface area (Å²) >= 11 is 7.04. The van der Waals surface area contributed by atoms with Gasteiger partial charge in [-0.2, -0.15) is 0 Å². The molecular formula is C14H17Br2N3. The van der Waals surface area contributed by atoms with Crippen LogP contribution in [0.1, 0.15) is 25.5 Å². The summed E-state index contributed by atoms with van der Waals surface area (Å²) in [5, 5.41) is 3.39. The number of aromatic nitrogens is 2. The van der Waals surface area contributed by atoms with E-state index in [9.17, 15) is 0 Å². The predicted molar refractivity (Wildman–Crippen MR) is 87.0 cm³/mol. The minimum Gasteiger partial charge on any atom is -0.325 e. The van der Waals surface area contributed by atoms with Crippen molar-refractivity contribution < 1.29 is 0 Å². The summed E-state index contributed by atoms with van der Waals surface area (Å²) in [5.41, 5.74) is 2.04. The average molecular weight is 387 g/mol. The molecule has 0 saturated heterocycles. The van der Waals surface area contributed by atoms with Gasteiger partial charge in [0.25, 0.3) is 0 Å². The second-order valence-corrected chi connectivity index (χ2v) is 6.27. The minimum absolute atomic E-state index is 0.893. The lowest BCUT2D eigenvalue weighted by Gasteiger charge is -2.11. The molecule has 2 rings (SSSR count). The van der Waals surface area contributed by atoms with Gasteiger partial charge in [-0.25, -0.2) is 4.98 Å². The highest BCUT2D eigenvalue weighted by molar-refractivity contribution is 9.11. The largest absolute Gasteiger partial charge is 0.325 e. The van der Waals surface area contributed by atoms with Crippen LogP contribution < -0.4 is 5.32 Å². The molecule has 2 aromatic rings. The maximum absolute atomic E-state index is 4.55. The third-order valence-electron chi connectivity index (χ3n) is 2.82. The van der Waals surface area contributed by atoms with Crippen molar-refractivity contribution in [2.24, 2.45) is 0 Å². The van der Waals surface area contributed by atoms with Crippen molar-refractivity contribution in [2.75, 3.05) is 5.32 Å². The first-order valence-electron chi connectivity index (χ1n) is 6.36. The molecule has 5 heteroatoms. The van der Waals surface area contributed by atoms with Crippen molar-refractivity contribution in [3.05, 3.63) is 39.0 Å². The Morgan fingerprint density at radius 1 is 1.32 bits per heavy atom. The molecule has 0 amide bonds. The van der Waals surface area contributed by atoms with E-state index in [2.05, 4.69) is 59.8 Å². The Kier molecular flexibility index (Phi) is 5.05. The van der Waals surface area contributed by atoms with Crippen molar-refractivity contribution in [3.8, 4) is 0 Å². The van der Waals surface area contributed by atoms with Gasteiger partial charge >= 0.3 is 0 Å². The van der Waals surface area contributed by atoms with Gasteiger partial charge in [0.2, 0.25) is 5.95 Å². The molecule has 0 aliphatic heterocycles.